The van der Waals surface area contributed by atoms with E-state index in [4.69, 9.17) is 10.2 Å². The molecule has 0 amide bonds. The zero-order valence-electron chi connectivity index (χ0n) is 9.28. The highest BCUT2D eigenvalue weighted by molar-refractivity contribution is 5.87. The number of carboxylic acids is 2. The highest BCUT2D eigenvalue weighted by Gasteiger charge is 2.07. The van der Waals surface area contributed by atoms with E-state index in [1.807, 2.05) is 0 Å². The first kappa shape index (κ1) is 11.8. The van der Waals surface area contributed by atoms with Crippen LogP contribution in [0.4, 0.5) is 0 Å². The van der Waals surface area contributed by atoms with Crippen molar-refractivity contribution in [3.8, 4) is 0 Å². The molecule has 0 fully saturated rings. The maximum absolute atomic E-state index is 10.7. The molecule has 0 aliphatic rings. The molecule has 2 rings (SSSR count). The van der Waals surface area contributed by atoms with Crippen molar-refractivity contribution >= 4 is 11.9 Å². The van der Waals surface area contributed by atoms with Gasteiger partial charge in [-0.3, -0.25) is 0 Å². The van der Waals surface area contributed by atoms with Gasteiger partial charge in [0.1, 0.15) is 0 Å². The van der Waals surface area contributed by atoms with Gasteiger partial charge in [0.25, 0.3) is 0 Å². The molecule has 0 saturated carbocycles. The van der Waals surface area contributed by atoms with Crippen molar-refractivity contribution in [1.29, 1.82) is 0 Å². The van der Waals surface area contributed by atoms with Crippen LogP contribution in [0.5, 0.6) is 0 Å². The van der Waals surface area contributed by atoms with Gasteiger partial charge in [0.15, 0.2) is 5.69 Å². The highest BCUT2D eigenvalue weighted by Crippen LogP contribution is 2.07. The first-order valence-corrected chi connectivity index (χ1v) is 5.13. The third-order valence-corrected chi connectivity index (χ3v) is 2.42. The minimum absolute atomic E-state index is 0.0165. The molecule has 2 N–H and O–H groups in total. The van der Waals surface area contributed by atoms with Gasteiger partial charge < -0.3 is 14.8 Å². The minimum Gasteiger partial charge on any atom is -0.478 e. The average molecular weight is 246 g/mol. The molecule has 0 saturated heterocycles. The lowest BCUT2D eigenvalue weighted by atomic mass is 10.1. The molecule has 1 heterocycles. The number of carbonyl (C=O) groups is 2. The Morgan fingerprint density at radius 1 is 1.11 bits per heavy atom. The van der Waals surface area contributed by atoms with Gasteiger partial charge in [-0.2, -0.15) is 0 Å². The molecule has 2 aromatic rings. The van der Waals surface area contributed by atoms with Gasteiger partial charge in [-0.1, -0.05) is 12.1 Å². The number of imidazole rings is 1. The Kier molecular flexibility index (Phi) is 3.09. The van der Waals surface area contributed by atoms with Gasteiger partial charge in [-0.25, -0.2) is 14.6 Å². The van der Waals surface area contributed by atoms with Crippen molar-refractivity contribution in [1.82, 2.24) is 9.55 Å². The van der Waals surface area contributed by atoms with Crippen molar-refractivity contribution in [2.45, 2.75) is 6.54 Å². The van der Waals surface area contributed by atoms with E-state index in [2.05, 4.69) is 4.98 Å². The van der Waals surface area contributed by atoms with Crippen LogP contribution in [0.2, 0.25) is 0 Å². The van der Waals surface area contributed by atoms with E-state index in [0.29, 0.717) is 6.54 Å². The second kappa shape index (κ2) is 4.70. The first-order valence-electron chi connectivity index (χ1n) is 5.13. The second-order valence-corrected chi connectivity index (χ2v) is 3.74. The lowest BCUT2D eigenvalue weighted by Crippen LogP contribution is -2.00. The summed E-state index contributed by atoms with van der Waals surface area (Å²) in [4.78, 5) is 25.0. The fraction of sp³-hybridized carbons (Fsp3) is 0.0833. The van der Waals surface area contributed by atoms with Crippen LogP contribution in [0, 0.1) is 0 Å². The molecule has 0 bridgehead atoms. The Bertz CT molecular complexity index is 586. The summed E-state index contributed by atoms with van der Waals surface area (Å²) in [5.41, 5.74) is 1.07. The Hall–Kier alpha value is -2.63. The van der Waals surface area contributed by atoms with Crippen LogP contribution in [0.25, 0.3) is 0 Å². The first-order chi connectivity index (χ1) is 8.56. The summed E-state index contributed by atoms with van der Waals surface area (Å²) >= 11 is 0. The van der Waals surface area contributed by atoms with Gasteiger partial charge in [-0.15, -0.1) is 0 Å². The molecule has 0 aliphatic carbocycles. The number of aromatic carboxylic acids is 2. The normalized spacial score (nSPS) is 10.2. The van der Waals surface area contributed by atoms with Crippen LogP contribution in [-0.2, 0) is 6.54 Å². The quantitative estimate of drug-likeness (QED) is 0.848. The average Bonchev–Trinajstić information content (AvgIpc) is 2.78. The van der Waals surface area contributed by atoms with Crippen molar-refractivity contribution in [2.24, 2.45) is 0 Å². The Balaban J connectivity index is 2.13. The lowest BCUT2D eigenvalue weighted by Gasteiger charge is -2.02. The lowest BCUT2D eigenvalue weighted by molar-refractivity contribution is 0.0682. The van der Waals surface area contributed by atoms with Gasteiger partial charge in [-0.05, 0) is 17.7 Å². The predicted octanol–water partition coefficient (Wildman–Crippen LogP) is 1.33. The number of hydrogen-bond acceptors (Lipinski definition) is 3. The van der Waals surface area contributed by atoms with Gasteiger partial charge >= 0.3 is 11.9 Å². The van der Waals surface area contributed by atoms with Crippen LogP contribution in [0.1, 0.15) is 26.4 Å². The second-order valence-electron chi connectivity index (χ2n) is 3.74. The van der Waals surface area contributed by atoms with E-state index < -0.39 is 11.9 Å². The number of rotatable bonds is 4. The van der Waals surface area contributed by atoms with Crippen molar-refractivity contribution in [2.75, 3.05) is 0 Å². The van der Waals surface area contributed by atoms with Crippen molar-refractivity contribution in [3.05, 3.63) is 53.6 Å². The number of carboxylic acid groups (broad SMARTS) is 2. The molecule has 1 aromatic carbocycles. The fourth-order valence-electron chi connectivity index (χ4n) is 1.52. The van der Waals surface area contributed by atoms with Crippen LogP contribution in [0.3, 0.4) is 0 Å². The molecule has 92 valence electrons. The van der Waals surface area contributed by atoms with Crippen LogP contribution < -0.4 is 0 Å². The van der Waals surface area contributed by atoms with Gasteiger partial charge in [0, 0.05) is 12.7 Å². The molecular formula is C12H10N2O4. The monoisotopic (exact) mass is 246 g/mol. The summed E-state index contributed by atoms with van der Waals surface area (Å²) in [6, 6.07) is 6.38. The molecule has 0 spiro atoms. The predicted molar refractivity (Wildman–Crippen MR) is 61.7 cm³/mol. The topological polar surface area (TPSA) is 92.4 Å². The molecule has 1 aromatic heterocycles. The molecule has 0 aliphatic heterocycles. The highest BCUT2D eigenvalue weighted by atomic mass is 16.4. The molecular weight excluding hydrogens is 236 g/mol. The summed E-state index contributed by atoms with van der Waals surface area (Å²) in [7, 11) is 0. The molecule has 6 nitrogen and oxygen atoms in total. The molecule has 18 heavy (non-hydrogen) atoms. The summed E-state index contributed by atoms with van der Waals surface area (Å²) in [6.45, 7) is 0.445. The molecule has 0 unspecified atom stereocenters. The van der Waals surface area contributed by atoms with E-state index >= 15 is 0 Å². The zero-order valence-corrected chi connectivity index (χ0v) is 9.28. The van der Waals surface area contributed by atoms with Crippen LogP contribution in [0.15, 0.2) is 36.8 Å². The van der Waals surface area contributed by atoms with E-state index in [1.54, 1.807) is 16.7 Å². The standard InChI is InChI=1S/C12H10N2O4/c15-11(16)9-3-1-8(2-4-9)5-14-6-10(12(17)18)13-7-14/h1-4,6-7H,5H2,(H,15,16)(H,17,18). The minimum atomic E-state index is -1.07. The van der Waals surface area contributed by atoms with E-state index in [-0.39, 0.29) is 11.3 Å². The number of benzene rings is 1. The Morgan fingerprint density at radius 2 is 1.78 bits per heavy atom. The summed E-state index contributed by atoms with van der Waals surface area (Å²) in [6.07, 6.45) is 2.85. The van der Waals surface area contributed by atoms with Crippen LogP contribution in [-0.4, -0.2) is 31.7 Å². The van der Waals surface area contributed by atoms with E-state index in [0.717, 1.165) is 5.56 Å². The largest absolute Gasteiger partial charge is 0.478 e. The Morgan fingerprint density at radius 3 is 2.28 bits per heavy atom. The fourth-order valence-corrected chi connectivity index (χ4v) is 1.52. The van der Waals surface area contributed by atoms with E-state index in [9.17, 15) is 9.59 Å². The summed E-state index contributed by atoms with van der Waals surface area (Å²) < 4.78 is 1.62. The van der Waals surface area contributed by atoms with E-state index in [1.165, 1.54) is 24.7 Å². The zero-order chi connectivity index (χ0) is 13.1. The third-order valence-electron chi connectivity index (χ3n) is 2.42. The maximum atomic E-state index is 10.7. The maximum Gasteiger partial charge on any atom is 0.356 e. The molecule has 6 heteroatoms. The van der Waals surface area contributed by atoms with Crippen molar-refractivity contribution in [3.63, 3.8) is 0 Å². The SMILES string of the molecule is O=C(O)c1ccc(Cn2cnc(C(=O)O)c2)cc1. The summed E-state index contributed by atoms with van der Waals surface area (Å²) in [5.74, 6) is -2.05. The van der Waals surface area contributed by atoms with Crippen molar-refractivity contribution < 1.29 is 19.8 Å². The summed E-state index contributed by atoms with van der Waals surface area (Å²) in [5, 5.41) is 17.5. The third kappa shape index (κ3) is 2.54. The number of aromatic nitrogens is 2. The number of hydrogen-bond donors (Lipinski definition) is 2. The van der Waals surface area contributed by atoms with Crippen LogP contribution >= 0.6 is 0 Å². The number of nitrogens with zero attached hydrogens (tertiary/aromatic N) is 2. The van der Waals surface area contributed by atoms with Gasteiger partial charge in [0.05, 0.1) is 11.9 Å². The smallest absolute Gasteiger partial charge is 0.356 e. The Labute approximate surface area is 102 Å². The molecule has 0 radical (unpaired) electrons. The molecule has 0 atom stereocenters. The van der Waals surface area contributed by atoms with Gasteiger partial charge in [0.2, 0.25) is 0 Å².